The Hall–Kier alpha value is -1.95. The first-order valence-electron chi connectivity index (χ1n) is 6.29. The molecule has 0 aliphatic rings. The van der Waals surface area contributed by atoms with Crippen molar-refractivity contribution in [2.24, 2.45) is 0 Å². The van der Waals surface area contributed by atoms with Crippen molar-refractivity contribution in [3.8, 4) is 0 Å². The first-order chi connectivity index (χ1) is 9.74. The SMILES string of the molecule is CCN(Cc1ccccn1)C(=O)c1cnc(SC)nc1. The number of hydrogen-bond acceptors (Lipinski definition) is 5. The van der Waals surface area contributed by atoms with E-state index in [1.54, 1.807) is 23.5 Å². The van der Waals surface area contributed by atoms with Crippen LogP contribution in [0.3, 0.4) is 0 Å². The van der Waals surface area contributed by atoms with Crippen LogP contribution in [0.2, 0.25) is 0 Å². The van der Waals surface area contributed by atoms with Crippen LogP contribution in [0.1, 0.15) is 23.0 Å². The predicted molar refractivity (Wildman–Crippen MR) is 78.5 cm³/mol. The van der Waals surface area contributed by atoms with Gasteiger partial charge in [-0.2, -0.15) is 0 Å². The number of carbonyl (C=O) groups excluding carboxylic acids is 1. The molecule has 0 saturated carbocycles. The zero-order chi connectivity index (χ0) is 14.4. The molecule has 2 aromatic heterocycles. The molecule has 1 amide bonds. The molecule has 6 heteroatoms. The largest absolute Gasteiger partial charge is 0.333 e. The molecule has 0 unspecified atom stereocenters. The van der Waals surface area contributed by atoms with Crippen LogP contribution in [0, 0.1) is 0 Å². The Morgan fingerprint density at radius 3 is 2.55 bits per heavy atom. The van der Waals surface area contributed by atoms with Gasteiger partial charge in [-0.05, 0) is 25.3 Å². The average Bonchev–Trinajstić information content (AvgIpc) is 2.53. The van der Waals surface area contributed by atoms with Crippen LogP contribution in [-0.4, -0.2) is 38.6 Å². The number of hydrogen-bond donors (Lipinski definition) is 0. The molecule has 2 aromatic rings. The van der Waals surface area contributed by atoms with Crippen molar-refractivity contribution < 1.29 is 4.79 Å². The number of carbonyl (C=O) groups is 1. The van der Waals surface area contributed by atoms with Gasteiger partial charge in [-0.1, -0.05) is 17.8 Å². The van der Waals surface area contributed by atoms with Crippen molar-refractivity contribution in [2.45, 2.75) is 18.6 Å². The van der Waals surface area contributed by atoms with Gasteiger partial charge < -0.3 is 4.90 Å². The lowest BCUT2D eigenvalue weighted by atomic mass is 10.2. The van der Waals surface area contributed by atoms with Crippen LogP contribution in [0.15, 0.2) is 41.9 Å². The molecule has 0 radical (unpaired) electrons. The highest BCUT2D eigenvalue weighted by atomic mass is 32.2. The fourth-order valence-electron chi connectivity index (χ4n) is 1.73. The van der Waals surface area contributed by atoms with Crippen LogP contribution in [-0.2, 0) is 6.54 Å². The molecule has 2 rings (SSSR count). The summed E-state index contributed by atoms with van der Waals surface area (Å²) in [7, 11) is 0. The highest BCUT2D eigenvalue weighted by Gasteiger charge is 2.15. The Bertz CT molecular complexity index is 559. The molecule has 0 bridgehead atoms. The number of amides is 1. The number of rotatable bonds is 5. The van der Waals surface area contributed by atoms with E-state index in [4.69, 9.17) is 0 Å². The fraction of sp³-hybridized carbons (Fsp3) is 0.286. The Morgan fingerprint density at radius 1 is 1.25 bits per heavy atom. The molecule has 5 nitrogen and oxygen atoms in total. The Morgan fingerprint density at radius 2 is 2.00 bits per heavy atom. The van der Waals surface area contributed by atoms with Crippen molar-refractivity contribution in [1.29, 1.82) is 0 Å². The lowest BCUT2D eigenvalue weighted by Crippen LogP contribution is -2.30. The summed E-state index contributed by atoms with van der Waals surface area (Å²) in [4.78, 5) is 26.6. The number of nitrogens with zero attached hydrogens (tertiary/aromatic N) is 4. The van der Waals surface area contributed by atoms with Crippen LogP contribution in [0.25, 0.3) is 0 Å². The van der Waals surface area contributed by atoms with Gasteiger partial charge in [0.1, 0.15) is 0 Å². The number of aromatic nitrogens is 3. The first kappa shape index (κ1) is 14.5. The van der Waals surface area contributed by atoms with Crippen molar-refractivity contribution in [3.05, 3.63) is 48.0 Å². The predicted octanol–water partition coefficient (Wildman–Crippen LogP) is 2.26. The van der Waals surface area contributed by atoms with Crippen LogP contribution in [0.5, 0.6) is 0 Å². The van der Waals surface area contributed by atoms with E-state index in [-0.39, 0.29) is 5.91 Å². The zero-order valence-electron chi connectivity index (χ0n) is 11.5. The quantitative estimate of drug-likeness (QED) is 0.624. The van der Waals surface area contributed by atoms with E-state index in [0.29, 0.717) is 23.8 Å². The molecule has 0 spiro atoms. The minimum atomic E-state index is -0.0780. The maximum absolute atomic E-state index is 12.4. The molecular formula is C14H16N4OS. The van der Waals surface area contributed by atoms with Gasteiger partial charge in [-0.15, -0.1) is 0 Å². The highest BCUT2D eigenvalue weighted by molar-refractivity contribution is 7.98. The Kier molecular flexibility index (Phi) is 5.06. The van der Waals surface area contributed by atoms with Crippen molar-refractivity contribution >= 4 is 17.7 Å². The van der Waals surface area contributed by atoms with E-state index in [2.05, 4.69) is 15.0 Å². The summed E-state index contributed by atoms with van der Waals surface area (Å²) in [5.41, 5.74) is 1.37. The van der Waals surface area contributed by atoms with Gasteiger partial charge in [0.05, 0.1) is 17.8 Å². The summed E-state index contributed by atoms with van der Waals surface area (Å²) in [6.45, 7) is 3.04. The van der Waals surface area contributed by atoms with E-state index in [1.807, 2.05) is 31.4 Å². The molecule has 0 saturated heterocycles. The van der Waals surface area contributed by atoms with E-state index >= 15 is 0 Å². The molecule has 0 aliphatic carbocycles. The standard InChI is InChI=1S/C14H16N4OS/c1-3-18(10-12-6-4-5-7-15-12)13(19)11-8-16-14(20-2)17-9-11/h4-9H,3,10H2,1-2H3. The summed E-state index contributed by atoms with van der Waals surface area (Å²) >= 11 is 1.45. The monoisotopic (exact) mass is 288 g/mol. The third-order valence-corrected chi connectivity index (χ3v) is 3.38. The van der Waals surface area contributed by atoms with Gasteiger partial charge in [0, 0.05) is 25.1 Å². The molecular weight excluding hydrogens is 272 g/mol. The lowest BCUT2D eigenvalue weighted by molar-refractivity contribution is 0.0749. The van der Waals surface area contributed by atoms with E-state index in [9.17, 15) is 4.79 Å². The Labute approximate surface area is 122 Å². The normalized spacial score (nSPS) is 10.3. The summed E-state index contributed by atoms with van der Waals surface area (Å²) in [5, 5.41) is 0.661. The summed E-state index contributed by atoms with van der Waals surface area (Å²) in [6, 6.07) is 5.68. The van der Waals surface area contributed by atoms with E-state index < -0.39 is 0 Å². The summed E-state index contributed by atoms with van der Waals surface area (Å²) in [5.74, 6) is -0.0780. The van der Waals surface area contributed by atoms with Crippen LogP contribution < -0.4 is 0 Å². The van der Waals surface area contributed by atoms with Gasteiger partial charge in [0.25, 0.3) is 5.91 Å². The molecule has 0 N–H and O–H groups in total. The number of pyridine rings is 1. The molecule has 0 aromatic carbocycles. The van der Waals surface area contributed by atoms with Crippen molar-refractivity contribution in [3.63, 3.8) is 0 Å². The van der Waals surface area contributed by atoms with Crippen LogP contribution in [0.4, 0.5) is 0 Å². The van der Waals surface area contributed by atoms with Gasteiger partial charge in [0.2, 0.25) is 0 Å². The second kappa shape index (κ2) is 7.00. The second-order valence-electron chi connectivity index (χ2n) is 4.10. The van der Waals surface area contributed by atoms with Gasteiger partial charge in [-0.3, -0.25) is 9.78 Å². The first-order valence-corrected chi connectivity index (χ1v) is 7.52. The zero-order valence-corrected chi connectivity index (χ0v) is 12.3. The van der Waals surface area contributed by atoms with Gasteiger partial charge in [-0.25, -0.2) is 9.97 Å². The minimum absolute atomic E-state index is 0.0780. The van der Waals surface area contributed by atoms with E-state index in [0.717, 1.165) is 5.69 Å². The maximum atomic E-state index is 12.4. The molecule has 104 valence electrons. The molecule has 2 heterocycles. The van der Waals surface area contributed by atoms with Crippen LogP contribution >= 0.6 is 11.8 Å². The van der Waals surface area contributed by atoms with Gasteiger partial charge in [0.15, 0.2) is 5.16 Å². The molecule has 20 heavy (non-hydrogen) atoms. The smallest absolute Gasteiger partial charge is 0.257 e. The van der Waals surface area contributed by atoms with Crippen molar-refractivity contribution in [1.82, 2.24) is 19.9 Å². The molecule has 0 fully saturated rings. The lowest BCUT2D eigenvalue weighted by Gasteiger charge is -2.20. The summed E-state index contributed by atoms with van der Waals surface area (Å²) < 4.78 is 0. The highest BCUT2D eigenvalue weighted by Crippen LogP contribution is 2.10. The molecule has 0 aliphatic heterocycles. The average molecular weight is 288 g/mol. The second-order valence-corrected chi connectivity index (χ2v) is 4.87. The maximum Gasteiger partial charge on any atom is 0.257 e. The fourth-order valence-corrected chi connectivity index (χ4v) is 2.05. The summed E-state index contributed by atoms with van der Waals surface area (Å²) in [6.07, 6.45) is 6.77. The third kappa shape index (κ3) is 3.54. The van der Waals surface area contributed by atoms with Crippen molar-refractivity contribution in [2.75, 3.05) is 12.8 Å². The topological polar surface area (TPSA) is 59.0 Å². The minimum Gasteiger partial charge on any atom is -0.333 e. The third-order valence-electron chi connectivity index (χ3n) is 2.81. The number of thioether (sulfide) groups is 1. The van der Waals surface area contributed by atoms with E-state index in [1.165, 1.54) is 11.8 Å². The van der Waals surface area contributed by atoms with Gasteiger partial charge >= 0.3 is 0 Å². The Balaban J connectivity index is 2.12. The molecule has 0 atom stereocenters.